The van der Waals surface area contributed by atoms with Crippen LogP contribution < -0.4 is 4.90 Å². The summed E-state index contributed by atoms with van der Waals surface area (Å²) in [5.74, 6) is -0.0115. The van der Waals surface area contributed by atoms with E-state index in [9.17, 15) is 9.90 Å². The molecule has 0 saturated carbocycles. The SMILES string of the molecule is Cc1ccc2c(c1)C(O)CCN2C(=O)c1ccccc1. The molecule has 2 aromatic carbocycles. The zero-order valence-electron chi connectivity index (χ0n) is 11.4. The zero-order valence-corrected chi connectivity index (χ0v) is 11.4. The fourth-order valence-corrected chi connectivity index (χ4v) is 2.66. The van der Waals surface area contributed by atoms with Gasteiger partial charge in [-0.15, -0.1) is 0 Å². The van der Waals surface area contributed by atoms with E-state index in [1.165, 1.54) is 0 Å². The lowest BCUT2D eigenvalue weighted by atomic mass is 9.96. The highest BCUT2D eigenvalue weighted by molar-refractivity contribution is 6.06. The first kappa shape index (κ1) is 12.9. The van der Waals surface area contributed by atoms with Gasteiger partial charge in [-0.3, -0.25) is 4.79 Å². The molecule has 0 bridgehead atoms. The molecule has 1 atom stereocenters. The monoisotopic (exact) mass is 267 g/mol. The van der Waals surface area contributed by atoms with Gasteiger partial charge in [0, 0.05) is 23.4 Å². The molecule has 3 nitrogen and oxygen atoms in total. The van der Waals surface area contributed by atoms with Gasteiger partial charge in [0.1, 0.15) is 0 Å². The van der Waals surface area contributed by atoms with Crippen LogP contribution in [-0.4, -0.2) is 17.6 Å². The third-order valence-corrected chi connectivity index (χ3v) is 3.72. The first-order valence-corrected chi connectivity index (χ1v) is 6.82. The summed E-state index contributed by atoms with van der Waals surface area (Å²) in [4.78, 5) is 14.4. The number of carbonyl (C=O) groups excluding carboxylic acids is 1. The van der Waals surface area contributed by atoms with E-state index in [4.69, 9.17) is 0 Å². The average Bonchev–Trinajstić information content (AvgIpc) is 2.48. The molecule has 0 aromatic heterocycles. The molecule has 1 aliphatic rings. The number of hydrogen-bond acceptors (Lipinski definition) is 2. The molecule has 1 aliphatic heterocycles. The van der Waals surface area contributed by atoms with Crippen LogP contribution >= 0.6 is 0 Å². The van der Waals surface area contributed by atoms with Gasteiger partial charge in [-0.1, -0.05) is 35.9 Å². The number of hydrogen-bond donors (Lipinski definition) is 1. The van der Waals surface area contributed by atoms with Crippen LogP contribution in [0.4, 0.5) is 5.69 Å². The molecule has 0 spiro atoms. The second-order valence-electron chi connectivity index (χ2n) is 5.19. The number of fused-ring (bicyclic) bond motifs is 1. The van der Waals surface area contributed by atoms with Crippen LogP contribution in [0.15, 0.2) is 48.5 Å². The van der Waals surface area contributed by atoms with Gasteiger partial charge in [-0.25, -0.2) is 0 Å². The molecule has 1 N–H and O–H groups in total. The highest BCUT2D eigenvalue weighted by atomic mass is 16.3. The van der Waals surface area contributed by atoms with Crippen LogP contribution in [-0.2, 0) is 0 Å². The summed E-state index contributed by atoms with van der Waals surface area (Å²) in [5.41, 5.74) is 3.44. The Hall–Kier alpha value is -2.13. The Labute approximate surface area is 118 Å². The summed E-state index contributed by atoms with van der Waals surface area (Å²) in [6, 6.07) is 15.1. The van der Waals surface area contributed by atoms with E-state index >= 15 is 0 Å². The smallest absolute Gasteiger partial charge is 0.258 e. The molecule has 20 heavy (non-hydrogen) atoms. The number of benzene rings is 2. The van der Waals surface area contributed by atoms with Gasteiger partial charge < -0.3 is 10.0 Å². The van der Waals surface area contributed by atoms with Crippen molar-refractivity contribution in [2.75, 3.05) is 11.4 Å². The van der Waals surface area contributed by atoms with Crippen molar-refractivity contribution < 1.29 is 9.90 Å². The van der Waals surface area contributed by atoms with Crippen molar-refractivity contribution in [2.45, 2.75) is 19.4 Å². The Bertz CT molecular complexity index is 637. The number of rotatable bonds is 1. The van der Waals surface area contributed by atoms with Gasteiger partial charge in [0.2, 0.25) is 0 Å². The number of amides is 1. The van der Waals surface area contributed by atoms with E-state index in [1.54, 1.807) is 4.90 Å². The van der Waals surface area contributed by atoms with Crippen molar-refractivity contribution in [3.05, 3.63) is 65.2 Å². The molecule has 102 valence electrons. The van der Waals surface area contributed by atoms with Crippen LogP contribution in [0.3, 0.4) is 0 Å². The maximum atomic E-state index is 12.6. The normalized spacial score (nSPS) is 17.7. The summed E-state index contributed by atoms with van der Waals surface area (Å²) < 4.78 is 0. The number of aliphatic hydroxyl groups is 1. The van der Waals surface area contributed by atoms with Crippen molar-refractivity contribution in [2.24, 2.45) is 0 Å². The van der Waals surface area contributed by atoms with Crippen molar-refractivity contribution in [3.8, 4) is 0 Å². The van der Waals surface area contributed by atoms with Gasteiger partial charge in [0.15, 0.2) is 0 Å². The second kappa shape index (κ2) is 5.10. The Morgan fingerprint density at radius 2 is 1.95 bits per heavy atom. The maximum Gasteiger partial charge on any atom is 0.258 e. The van der Waals surface area contributed by atoms with Gasteiger partial charge in [-0.2, -0.15) is 0 Å². The van der Waals surface area contributed by atoms with Crippen LogP contribution in [0.25, 0.3) is 0 Å². The molecular formula is C17H17NO2. The van der Waals surface area contributed by atoms with Crippen molar-refractivity contribution in [3.63, 3.8) is 0 Å². The van der Waals surface area contributed by atoms with E-state index in [0.29, 0.717) is 18.5 Å². The van der Waals surface area contributed by atoms with Crippen LogP contribution in [0.2, 0.25) is 0 Å². The largest absolute Gasteiger partial charge is 0.388 e. The van der Waals surface area contributed by atoms with Crippen molar-refractivity contribution in [1.82, 2.24) is 0 Å². The highest BCUT2D eigenvalue weighted by Crippen LogP contribution is 2.35. The van der Waals surface area contributed by atoms with E-state index < -0.39 is 6.10 Å². The fourth-order valence-electron chi connectivity index (χ4n) is 2.66. The van der Waals surface area contributed by atoms with E-state index in [-0.39, 0.29) is 5.91 Å². The van der Waals surface area contributed by atoms with E-state index in [1.807, 2.05) is 55.5 Å². The Morgan fingerprint density at radius 3 is 2.70 bits per heavy atom. The highest BCUT2D eigenvalue weighted by Gasteiger charge is 2.28. The lowest BCUT2D eigenvalue weighted by molar-refractivity contribution is 0.0970. The summed E-state index contributed by atoms with van der Waals surface area (Å²) >= 11 is 0. The molecule has 2 aromatic rings. The number of aliphatic hydroxyl groups excluding tert-OH is 1. The minimum absolute atomic E-state index is 0.0115. The summed E-state index contributed by atoms with van der Waals surface area (Å²) in [6.45, 7) is 2.54. The van der Waals surface area contributed by atoms with Gasteiger partial charge in [-0.05, 0) is 31.5 Å². The van der Waals surface area contributed by atoms with Crippen LogP contribution in [0.5, 0.6) is 0 Å². The summed E-state index contributed by atoms with van der Waals surface area (Å²) in [7, 11) is 0. The standard InChI is InChI=1S/C17H17NO2/c1-12-7-8-15-14(11-12)16(19)9-10-18(15)17(20)13-5-3-2-4-6-13/h2-8,11,16,19H,9-10H2,1H3. The number of nitrogens with zero attached hydrogens (tertiary/aromatic N) is 1. The van der Waals surface area contributed by atoms with Gasteiger partial charge in [0.25, 0.3) is 5.91 Å². The zero-order chi connectivity index (χ0) is 14.1. The molecule has 0 radical (unpaired) electrons. The molecular weight excluding hydrogens is 250 g/mol. The molecule has 3 rings (SSSR count). The fraction of sp³-hybridized carbons (Fsp3) is 0.235. The third-order valence-electron chi connectivity index (χ3n) is 3.72. The minimum Gasteiger partial charge on any atom is -0.388 e. The number of aryl methyl sites for hydroxylation is 1. The third kappa shape index (κ3) is 2.21. The molecule has 1 amide bonds. The second-order valence-corrected chi connectivity index (χ2v) is 5.19. The number of anilines is 1. The molecule has 0 fully saturated rings. The molecule has 3 heteroatoms. The molecule has 1 heterocycles. The van der Waals surface area contributed by atoms with Crippen LogP contribution in [0.1, 0.15) is 34.0 Å². The quantitative estimate of drug-likeness (QED) is 0.862. The minimum atomic E-state index is -0.482. The lowest BCUT2D eigenvalue weighted by Gasteiger charge is -2.32. The average molecular weight is 267 g/mol. The predicted octanol–water partition coefficient (Wildman–Crippen LogP) is 3.08. The summed E-state index contributed by atoms with van der Waals surface area (Å²) in [6.07, 6.45) is 0.0967. The Balaban J connectivity index is 2.01. The van der Waals surface area contributed by atoms with E-state index in [0.717, 1.165) is 16.8 Å². The topological polar surface area (TPSA) is 40.5 Å². The van der Waals surface area contributed by atoms with Gasteiger partial charge >= 0.3 is 0 Å². The lowest BCUT2D eigenvalue weighted by Crippen LogP contribution is -2.36. The predicted molar refractivity (Wildman–Crippen MR) is 78.9 cm³/mol. The maximum absolute atomic E-state index is 12.6. The Morgan fingerprint density at radius 1 is 1.20 bits per heavy atom. The van der Waals surface area contributed by atoms with Crippen molar-refractivity contribution in [1.29, 1.82) is 0 Å². The van der Waals surface area contributed by atoms with Crippen molar-refractivity contribution >= 4 is 11.6 Å². The Kier molecular flexibility index (Phi) is 3.28. The molecule has 0 saturated heterocycles. The van der Waals surface area contributed by atoms with Crippen LogP contribution in [0, 0.1) is 6.92 Å². The first-order valence-electron chi connectivity index (χ1n) is 6.82. The van der Waals surface area contributed by atoms with E-state index in [2.05, 4.69) is 0 Å². The molecule has 0 aliphatic carbocycles. The molecule has 1 unspecified atom stereocenters. The summed E-state index contributed by atoms with van der Waals surface area (Å²) in [5, 5.41) is 10.1. The first-order chi connectivity index (χ1) is 9.66. The number of carbonyl (C=O) groups is 1. The van der Waals surface area contributed by atoms with Gasteiger partial charge in [0.05, 0.1) is 6.10 Å².